The summed E-state index contributed by atoms with van der Waals surface area (Å²) in [6.45, 7) is 4.68. The van der Waals surface area contributed by atoms with E-state index in [0.29, 0.717) is 44.8 Å². The zero-order valence-corrected chi connectivity index (χ0v) is 15.6. The lowest BCUT2D eigenvalue weighted by molar-refractivity contribution is -0.181. The van der Waals surface area contributed by atoms with Crippen molar-refractivity contribution in [2.75, 3.05) is 31.6 Å². The van der Waals surface area contributed by atoms with Crippen LogP contribution in [0.3, 0.4) is 0 Å². The number of carbonyl (C=O) groups excluding carboxylic acids is 1. The van der Waals surface area contributed by atoms with Crippen LogP contribution in [-0.2, 0) is 15.9 Å². The van der Waals surface area contributed by atoms with E-state index in [-0.39, 0.29) is 5.91 Å². The molecule has 27 heavy (non-hydrogen) atoms. The SMILES string of the molecule is CCc1ccc(Nc2ccc(C(=O)N3CCC4(CC3)OCCO4)nc2)cc1. The highest BCUT2D eigenvalue weighted by Crippen LogP contribution is 2.31. The molecule has 0 unspecified atom stereocenters. The van der Waals surface area contributed by atoms with Crippen LogP contribution >= 0.6 is 0 Å². The van der Waals surface area contributed by atoms with E-state index < -0.39 is 5.79 Å². The predicted octanol–water partition coefficient (Wildman–Crippen LogP) is 3.37. The van der Waals surface area contributed by atoms with Gasteiger partial charge in [0.15, 0.2) is 5.79 Å². The smallest absolute Gasteiger partial charge is 0.272 e. The van der Waals surface area contributed by atoms with Crippen LogP contribution in [0.15, 0.2) is 42.6 Å². The van der Waals surface area contributed by atoms with Crippen LogP contribution < -0.4 is 5.32 Å². The van der Waals surface area contributed by atoms with E-state index in [1.54, 1.807) is 12.3 Å². The van der Waals surface area contributed by atoms with E-state index in [1.165, 1.54) is 5.56 Å². The highest BCUT2D eigenvalue weighted by atomic mass is 16.7. The molecule has 2 aromatic rings. The molecule has 2 aliphatic heterocycles. The lowest BCUT2D eigenvalue weighted by atomic mass is 10.0. The fraction of sp³-hybridized carbons (Fsp3) is 0.429. The summed E-state index contributed by atoms with van der Waals surface area (Å²) >= 11 is 0. The van der Waals surface area contributed by atoms with Crippen LogP contribution in [0.5, 0.6) is 0 Å². The van der Waals surface area contributed by atoms with Crippen molar-refractivity contribution < 1.29 is 14.3 Å². The third-order valence-electron chi connectivity index (χ3n) is 5.26. The van der Waals surface area contributed by atoms with Crippen molar-refractivity contribution in [3.63, 3.8) is 0 Å². The minimum absolute atomic E-state index is 0.0401. The second-order valence-corrected chi connectivity index (χ2v) is 7.01. The molecule has 0 bridgehead atoms. The van der Waals surface area contributed by atoms with Crippen molar-refractivity contribution in [3.05, 3.63) is 53.9 Å². The third kappa shape index (κ3) is 3.96. The van der Waals surface area contributed by atoms with Gasteiger partial charge in [-0.2, -0.15) is 0 Å². The van der Waals surface area contributed by atoms with Crippen LogP contribution in [0.25, 0.3) is 0 Å². The number of nitrogens with one attached hydrogen (secondary N) is 1. The van der Waals surface area contributed by atoms with Gasteiger partial charge in [-0.1, -0.05) is 19.1 Å². The standard InChI is InChI=1S/C21H25N3O3/c1-2-16-3-5-17(6-4-16)23-18-7-8-19(22-15-18)20(25)24-11-9-21(10-12-24)26-13-14-27-21/h3-8,15,23H,2,9-14H2,1H3. The van der Waals surface area contributed by atoms with Crippen LogP contribution in [0, 0.1) is 0 Å². The Morgan fingerprint density at radius 3 is 2.33 bits per heavy atom. The van der Waals surface area contributed by atoms with Gasteiger partial charge in [0.1, 0.15) is 5.69 Å². The molecule has 6 heteroatoms. The first-order chi connectivity index (χ1) is 13.2. The maximum Gasteiger partial charge on any atom is 0.272 e. The minimum atomic E-state index is -0.467. The van der Waals surface area contributed by atoms with E-state index in [2.05, 4.69) is 41.5 Å². The number of carbonyl (C=O) groups is 1. The summed E-state index contributed by atoms with van der Waals surface area (Å²) in [5.74, 6) is -0.507. The van der Waals surface area contributed by atoms with Crippen molar-refractivity contribution >= 4 is 17.3 Å². The Labute approximate surface area is 159 Å². The molecule has 0 atom stereocenters. The summed E-state index contributed by atoms with van der Waals surface area (Å²) in [7, 11) is 0. The third-order valence-corrected chi connectivity index (χ3v) is 5.26. The predicted molar refractivity (Wildman–Crippen MR) is 103 cm³/mol. The first-order valence-corrected chi connectivity index (χ1v) is 9.57. The summed E-state index contributed by atoms with van der Waals surface area (Å²) in [5, 5.41) is 3.31. The zero-order chi connectivity index (χ0) is 18.7. The second-order valence-electron chi connectivity index (χ2n) is 7.01. The molecule has 2 saturated heterocycles. The number of amides is 1. The van der Waals surface area contributed by atoms with Gasteiger partial charge in [-0.3, -0.25) is 4.79 Å². The lowest BCUT2D eigenvalue weighted by Gasteiger charge is -2.37. The molecule has 1 N–H and O–H groups in total. The summed E-state index contributed by atoms with van der Waals surface area (Å²) in [6.07, 6.45) is 4.16. The Hall–Kier alpha value is -2.44. The number of aromatic nitrogens is 1. The molecule has 1 spiro atoms. The van der Waals surface area contributed by atoms with Crippen molar-refractivity contribution in [2.24, 2.45) is 0 Å². The van der Waals surface area contributed by atoms with Crippen molar-refractivity contribution in [1.29, 1.82) is 0 Å². The van der Waals surface area contributed by atoms with Crippen LogP contribution in [-0.4, -0.2) is 47.9 Å². The van der Waals surface area contributed by atoms with E-state index in [9.17, 15) is 4.79 Å². The number of benzene rings is 1. The number of anilines is 2. The van der Waals surface area contributed by atoms with Crippen LogP contribution in [0.2, 0.25) is 0 Å². The van der Waals surface area contributed by atoms with E-state index in [4.69, 9.17) is 9.47 Å². The monoisotopic (exact) mass is 367 g/mol. The van der Waals surface area contributed by atoms with Gasteiger partial charge >= 0.3 is 0 Å². The average molecular weight is 367 g/mol. The molecule has 142 valence electrons. The molecular formula is C21H25N3O3. The topological polar surface area (TPSA) is 63.7 Å². The number of likely N-dealkylation sites (tertiary alicyclic amines) is 1. The maximum atomic E-state index is 12.7. The molecule has 2 aliphatic rings. The molecule has 0 aliphatic carbocycles. The fourth-order valence-corrected chi connectivity index (χ4v) is 3.58. The summed E-state index contributed by atoms with van der Waals surface area (Å²) in [5.41, 5.74) is 3.63. The molecule has 1 amide bonds. The number of pyridine rings is 1. The highest BCUT2D eigenvalue weighted by molar-refractivity contribution is 5.92. The molecule has 6 nitrogen and oxygen atoms in total. The van der Waals surface area contributed by atoms with E-state index in [1.807, 2.05) is 11.0 Å². The summed E-state index contributed by atoms with van der Waals surface area (Å²) in [6, 6.07) is 12.0. The number of ether oxygens (including phenoxy) is 2. The first kappa shape index (κ1) is 17.9. The molecular weight excluding hydrogens is 342 g/mol. The van der Waals surface area contributed by atoms with Gasteiger partial charge in [0.05, 0.1) is 25.1 Å². The number of hydrogen-bond donors (Lipinski definition) is 1. The molecule has 1 aromatic carbocycles. The quantitative estimate of drug-likeness (QED) is 0.898. The lowest BCUT2D eigenvalue weighted by Crippen LogP contribution is -2.47. The number of nitrogens with zero attached hydrogens (tertiary/aromatic N) is 2. The first-order valence-electron chi connectivity index (χ1n) is 9.57. The molecule has 2 fully saturated rings. The van der Waals surface area contributed by atoms with Crippen molar-refractivity contribution in [3.8, 4) is 0 Å². The molecule has 0 saturated carbocycles. The fourth-order valence-electron chi connectivity index (χ4n) is 3.58. The minimum Gasteiger partial charge on any atom is -0.354 e. The maximum absolute atomic E-state index is 12.7. The van der Waals surface area contributed by atoms with Gasteiger partial charge < -0.3 is 19.7 Å². The second kappa shape index (κ2) is 7.66. The van der Waals surface area contributed by atoms with Gasteiger partial charge in [-0.15, -0.1) is 0 Å². The normalized spacial score (nSPS) is 18.6. The Morgan fingerprint density at radius 2 is 1.74 bits per heavy atom. The van der Waals surface area contributed by atoms with E-state index in [0.717, 1.165) is 17.8 Å². The Bertz CT molecular complexity index is 773. The Morgan fingerprint density at radius 1 is 1.07 bits per heavy atom. The van der Waals surface area contributed by atoms with Crippen molar-refractivity contribution in [2.45, 2.75) is 32.0 Å². The number of aryl methyl sites for hydroxylation is 1. The van der Waals surface area contributed by atoms with Gasteiger partial charge in [-0.05, 0) is 36.2 Å². The number of piperidine rings is 1. The molecule has 1 aromatic heterocycles. The largest absolute Gasteiger partial charge is 0.354 e. The average Bonchev–Trinajstić information content (AvgIpc) is 3.17. The van der Waals surface area contributed by atoms with Gasteiger partial charge in [0.2, 0.25) is 0 Å². The van der Waals surface area contributed by atoms with Crippen LogP contribution in [0.4, 0.5) is 11.4 Å². The molecule has 0 radical (unpaired) electrons. The Balaban J connectivity index is 1.36. The number of hydrogen-bond acceptors (Lipinski definition) is 5. The molecule has 3 heterocycles. The Kier molecular flexibility index (Phi) is 5.09. The van der Waals surface area contributed by atoms with E-state index >= 15 is 0 Å². The van der Waals surface area contributed by atoms with Gasteiger partial charge in [0, 0.05) is 31.6 Å². The zero-order valence-electron chi connectivity index (χ0n) is 15.6. The molecule has 4 rings (SSSR count). The number of rotatable bonds is 4. The van der Waals surface area contributed by atoms with Crippen LogP contribution in [0.1, 0.15) is 35.8 Å². The summed E-state index contributed by atoms with van der Waals surface area (Å²) in [4.78, 5) is 18.9. The van der Waals surface area contributed by atoms with Crippen molar-refractivity contribution in [1.82, 2.24) is 9.88 Å². The van der Waals surface area contributed by atoms with Gasteiger partial charge in [-0.25, -0.2) is 4.98 Å². The summed E-state index contributed by atoms with van der Waals surface area (Å²) < 4.78 is 11.4. The van der Waals surface area contributed by atoms with Gasteiger partial charge in [0.25, 0.3) is 5.91 Å². The highest BCUT2D eigenvalue weighted by Gasteiger charge is 2.40.